The zero-order valence-corrected chi connectivity index (χ0v) is 38.7. The number of hydrogen-bond donors (Lipinski definition) is 1. The second-order valence-corrected chi connectivity index (χ2v) is 16.7. The number of ether oxygens (including phenoxy) is 2. The number of Topliss-reactive ketones (excluding diaryl/α,β-unsaturated/α-hetero) is 1. The average Bonchev–Trinajstić information content (AvgIpc) is 3.16. The number of rotatable bonds is 42. The van der Waals surface area contributed by atoms with E-state index in [-0.39, 0.29) is 60.4 Å². The molecule has 0 aromatic carbocycles. The van der Waals surface area contributed by atoms with Gasteiger partial charge in [0.1, 0.15) is 12.3 Å². The number of aliphatic hydroxyl groups is 1. The number of allylic oxidation sites excluding steroid dienone is 4. The highest BCUT2D eigenvalue weighted by Crippen LogP contribution is 2.17. The lowest BCUT2D eigenvalue weighted by atomic mass is 9.94. The topological polar surface area (TPSA) is 89.9 Å². The first-order valence-corrected chi connectivity index (χ1v) is 23.3. The SMILES string of the molecule is CCCCCCCC/C=C\CCCCCCCC(=O)OCCC(CCOC(=O)CCCCCCC/C=C\CCCCCCCC)C(=O)CC[N+](C)(C)CCO.[Br-]. The fourth-order valence-corrected chi connectivity index (χ4v) is 6.92. The van der Waals surface area contributed by atoms with Crippen LogP contribution in [0.2, 0.25) is 0 Å². The molecule has 0 saturated heterocycles. The van der Waals surface area contributed by atoms with Gasteiger partial charge in [0.25, 0.3) is 0 Å². The Morgan fingerprint density at radius 3 is 1.20 bits per heavy atom. The summed E-state index contributed by atoms with van der Waals surface area (Å²) >= 11 is 0. The molecule has 0 bridgehead atoms. The van der Waals surface area contributed by atoms with Gasteiger partial charge < -0.3 is 36.0 Å². The van der Waals surface area contributed by atoms with Crippen molar-refractivity contribution in [3.05, 3.63) is 24.3 Å². The maximum absolute atomic E-state index is 13.2. The number of halogens is 1. The molecule has 0 aliphatic heterocycles. The van der Waals surface area contributed by atoms with Gasteiger partial charge >= 0.3 is 11.9 Å². The fraction of sp³-hybridized carbons (Fsp3) is 0.854. The number of carbonyl (C=O) groups excluding carboxylic acids is 3. The number of likely N-dealkylation sites (N-methyl/N-ethyl adjacent to an activating group) is 1. The van der Waals surface area contributed by atoms with Crippen molar-refractivity contribution in [2.24, 2.45) is 5.92 Å². The molecular weight excluding hydrogens is 766 g/mol. The first-order chi connectivity index (χ1) is 26.8. The number of carbonyl (C=O) groups is 3. The molecule has 8 heteroatoms. The monoisotopic (exact) mass is 856 g/mol. The van der Waals surface area contributed by atoms with E-state index in [1.807, 2.05) is 14.1 Å². The maximum Gasteiger partial charge on any atom is 0.305 e. The summed E-state index contributed by atoms with van der Waals surface area (Å²) in [6.45, 7) is 6.21. The van der Waals surface area contributed by atoms with Crippen molar-refractivity contribution in [2.75, 3.05) is 47.0 Å². The molecule has 0 saturated carbocycles. The Bertz CT molecular complexity index is 894. The predicted octanol–water partition coefficient (Wildman–Crippen LogP) is 9.58. The summed E-state index contributed by atoms with van der Waals surface area (Å²) < 4.78 is 11.6. The van der Waals surface area contributed by atoms with E-state index in [2.05, 4.69) is 38.2 Å². The lowest BCUT2D eigenvalue weighted by Crippen LogP contribution is -3.00. The minimum Gasteiger partial charge on any atom is -1.00 e. The van der Waals surface area contributed by atoms with Crippen molar-refractivity contribution in [1.82, 2.24) is 0 Å². The number of unbranched alkanes of at least 4 members (excludes halogenated alkanes) is 22. The fourth-order valence-electron chi connectivity index (χ4n) is 6.92. The number of hydrogen-bond acceptors (Lipinski definition) is 6. The van der Waals surface area contributed by atoms with Crippen LogP contribution < -0.4 is 17.0 Å². The third-order valence-electron chi connectivity index (χ3n) is 10.9. The van der Waals surface area contributed by atoms with Gasteiger partial charge in [-0.05, 0) is 77.0 Å². The van der Waals surface area contributed by atoms with Crippen molar-refractivity contribution in [1.29, 1.82) is 0 Å². The molecule has 0 aromatic rings. The number of esters is 2. The minimum atomic E-state index is -0.325. The standard InChI is InChI=1S/C48H90NO6.BrH/c1-5-7-9-11-13-15-17-19-21-23-25-27-29-31-33-35-47(52)54-43-38-45(46(51)37-40-49(3,4)41-42-50)39-44-55-48(53)36-34-32-30-28-26-24-22-20-18-16-14-12-10-8-6-2;/h19-22,45,50H,5-18,23-44H2,1-4H3;1H/q+1;/p-1/b21-19-,22-20-;. The number of aliphatic hydroxyl groups excluding tert-OH is 1. The molecule has 56 heavy (non-hydrogen) atoms. The molecule has 330 valence electrons. The van der Waals surface area contributed by atoms with E-state index in [0.29, 0.717) is 49.7 Å². The van der Waals surface area contributed by atoms with Gasteiger partial charge in [-0.1, -0.05) is 141 Å². The molecule has 0 unspecified atom stereocenters. The third kappa shape index (κ3) is 40.7. The first kappa shape index (κ1) is 56.6. The second-order valence-electron chi connectivity index (χ2n) is 16.7. The maximum atomic E-state index is 13.2. The molecule has 0 atom stereocenters. The van der Waals surface area contributed by atoms with Gasteiger partial charge in [0.05, 0.1) is 46.9 Å². The molecule has 0 fully saturated rings. The van der Waals surface area contributed by atoms with Gasteiger partial charge in [0, 0.05) is 18.8 Å². The Kier molecular flexibility index (Phi) is 43.5. The van der Waals surface area contributed by atoms with Crippen molar-refractivity contribution < 1.29 is 50.4 Å². The Morgan fingerprint density at radius 1 is 0.500 bits per heavy atom. The van der Waals surface area contributed by atoms with Gasteiger partial charge in [-0.15, -0.1) is 0 Å². The van der Waals surface area contributed by atoms with E-state index in [1.165, 1.54) is 116 Å². The van der Waals surface area contributed by atoms with Crippen molar-refractivity contribution in [3.63, 3.8) is 0 Å². The quantitative estimate of drug-likeness (QED) is 0.0285. The molecule has 0 aliphatic carbocycles. The third-order valence-corrected chi connectivity index (χ3v) is 10.9. The summed E-state index contributed by atoms with van der Waals surface area (Å²) in [7, 11) is 4.01. The van der Waals surface area contributed by atoms with Crippen LogP contribution in [0.1, 0.15) is 213 Å². The molecule has 0 heterocycles. The highest BCUT2D eigenvalue weighted by molar-refractivity contribution is 5.81. The van der Waals surface area contributed by atoms with Gasteiger partial charge in [-0.25, -0.2) is 0 Å². The van der Waals surface area contributed by atoms with Crippen LogP contribution in [0, 0.1) is 5.92 Å². The summed E-state index contributed by atoms with van der Waals surface area (Å²) in [4.78, 5) is 38.1. The molecule has 0 aliphatic rings. The van der Waals surface area contributed by atoms with Gasteiger partial charge in [-0.3, -0.25) is 14.4 Å². The molecule has 0 amide bonds. The number of ketones is 1. The number of quaternary nitrogens is 1. The van der Waals surface area contributed by atoms with Gasteiger partial charge in [0.2, 0.25) is 0 Å². The molecule has 0 aromatic heterocycles. The van der Waals surface area contributed by atoms with Crippen molar-refractivity contribution >= 4 is 17.7 Å². The van der Waals surface area contributed by atoms with E-state index in [0.717, 1.165) is 51.4 Å². The largest absolute Gasteiger partial charge is 1.00 e. The van der Waals surface area contributed by atoms with E-state index >= 15 is 0 Å². The Balaban J connectivity index is 0. The predicted molar refractivity (Wildman–Crippen MR) is 232 cm³/mol. The molecule has 7 nitrogen and oxygen atoms in total. The van der Waals surface area contributed by atoms with Crippen LogP contribution >= 0.6 is 0 Å². The summed E-state index contributed by atoms with van der Waals surface area (Å²) in [5.74, 6) is -0.618. The van der Waals surface area contributed by atoms with E-state index in [4.69, 9.17) is 9.47 Å². The van der Waals surface area contributed by atoms with Gasteiger partial charge in [0.15, 0.2) is 0 Å². The summed E-state index contributed by atoms with van der Waals surface area (Å²) in [5, 5.41) is 9.38. The Morgan fingerprint density at radius 2 is 0.839 bits per heavy atom. The normalized spacial score (nSPS) is 11.8. The van der Waals surface area contributed by atoms with E-state index in [9.17, 15) is 19.5 Å². The van der Waals surface area contributed by atoms with Crippen molar-refractivity contribution in [2.45, 2.75) is 213 Å². The second kappa shape index (κ2) is 43.1. The highest BCUT2D eigenvalue weighted by Gasteiger charge is 2.23. The lowest BCUT2D eigenvalue weighted by molar-refractivity contribution is -0.890. The number of nitrogens with zero attached hydrogens (tertiary/aromatic N) is 1. The zero-order valence-electron chi connectivity index (χ0n) is 37.2. The van der Waals surface area contributed by atoms with Crippen molar-refractivity contribution in [3.8, 4) is 0 Å². The lowest BCUT2D eigenvalue weighted by Gasteiger charge is -2.29. The summed E-state index contributed by atoms with van der Waals surface area (Å²) in [6.07, 6.45) is 43.1. The first-order valence-electron chi connectivity index (χ1n) is 23.3. The molecule has 0 radical (unpaired) electrons. The van der Waals surface area contributed by atoms with Crippen LogP contribution in [-0.2, 0) is 23.9 Å². The molecule has 0 spiro atoms. The zero-order chi connectivity index (χ0) is 40.5. The summed E-state index contributed by atoms with van der Waals surface area (Å²) in [6, 6.07) is 0. The van der Waals surface area contributed by atoms with Crippen LogP contribution in [0.5, 0.6) is 0 Å². The molecular formula is C48H90BrNO6. The van der Waals surface area contributed by atoms with E-state index in [1.54, 1.807) is 0 Å². The molecule has 0 rings (SSSR count). The van der Waals surface area contributed by atoms with Crippen LogP contribution in [0.3, 0.4) is 0 Å². The smallest absolute Gasteiger partial charge is 0.305 e. The Labute approximate surface area is 357 Å². The van der Waals surface area contributed by atoms with Gasteiger partial charge in [-0.2, -0.15) is 0 Å². The average molecular weight is 857 g/mol. The van der Waals surface area contributed by atoms with Crippen LogP contribution in [0.4, 0.5) is 0 Å². The Hall–Kier alpha value is -1.51. The van der Waals surface area contributed by atoms with Crippen LogP contribution in [-0.4, -0.2) is 74.3 Å². The molecule has 1 N–H and O–H groups in total. The van der Waals surface area contributed by atoms with E-state index < -0.39 is 0 Å². The van der Waals surface area contributed by atoms with Crippen LogP contribution in [0.15, 0.2) is 24.3 Å². The minimum absolute atomic E-state index is 0. The summed E-state index contributed by atoms with van der Waals surface area (Å²) in [5.41, 5.74) is 0. The van der Waals surface area contributed by atoms with Crippen LogP contribution in [0.25, 0.3) is 0 Å². The highest BCUT2D eigenvalue weighted by atomic mass is 79.9.